The Hall–Kier alpha value is -2.38. The van der Waals surface area contributed by atoms with Crippen molar-refractivity contribution >= 4 is 11.8 Å². The fourth-order valence-corrected chi connectivity index (χ4v) is 4.08. The molecule has 8 nitrogen and oxygen atoms in total. The Morgan fingerprint density at radius 1 is 1.26 bits per heavy atom. The number of nitrogens with zero attached hydrogens (tertiary/aromatic N) is 3. The second-order valence-corrected chi connectivity index (χ2v) is 8.00. The van der Waals surface area contributed by atoms with Crippen molar-refractivity contribution in [1.82, 2.24) is 19.4 Å². The molecule has 2 aliphatic heterocycles. The summed E-state index contributed by atoms with van der Waals surface area (Å²) >= 11 is 0. The van der Waals surface area contributed by atoms with Gasteiger partial charge in [-0.15, -0.1) is 0 Å². The van der Waals surface area contributed by atoms with Gasteiger partial charge in [-0.3, -0.25) is 23.9 Å². The highest BCUT2D eigenvalue weighted by Crippen LogP contribution is 2.31. The van der Waals surface area contributed by atoms with E-state index in [1.807, 2.05) is 4.90 Å². The SMILES string of the molecule is CC(C)CCN1C(=O)CC[C@H]2CN(C(=O)Cn3ccc(=O)[nH]c3=O)CC[C@H]21. The van der Waals surface area contributed by atoms with E-state index in [1.165, 1.54) is 16.8 Å². The average Bonchev–Trinajstić information content (AvgIpc) is 2.62. The van der Waals surface area contributed by atoms with E-state index in [0.29, 0.717) is 31.3 Å². The van der Waals surface area contributed by atoms with Crippen LogP contribution in [0.2, 0.25) is 0 Å². The first kappa shape index (κ1) is 19.4. The number of H-pyrrole nitrogens is 1. The second kappa shape index (κ2) is 8.10. The number of aromatic amines is 1. The summed E-state index contributed by atoms with van der Waals surface area (Å²) in [6, 6.07) is 1.45. The van der Waals surface area contributed by atoms with Crippen molar-refractivity contribution in [3.05, 3.63) is 33.1 Å². The minimum atomic E-state index is -0.575. The highest BCUT2D eigenvalue weighted by Gasteiger charge is 2.40. The maximum Gasteiger partial charge on any atom is 0.328 e. The molecular weight excluding hydrogens is 348 g/mol. The van der Waals surface area contributed by atoms with E-state index in [-0.39, 0.29) is 24.4 Å². The maximum absolute atomic E-state index is 12.6. The first-order valence-electron chi connectivity index (χ1n) is 9.72. The van der Waals surface area contributed by atoms with Crippen molar-refractivity contribution in [2.24, 2.45) is 11.8 Å². The van der Waals surface area contributed by atoms with Gasteiger partial charge >= 0.3 is 5.69 Å². The van der Waals surface area contributed by atoms with Gasteiger partial charge in [0.1, 0.15) is 6.54 Å². The highest BCUT2D eigenvalue weighted by molar-refractivity contribution is 5.78. The van der Waals surface area contributed by atoms with E-state index < -0.39 is 11.2 Å². The van der Waals surface area contributed by atoms with Crippen LogP contribution < -0.4 is 11.2 Å². The van der Waals surface area contributed by atoms with E-state index in [9.17, 15) is 19.2 Å². The molecule has 0 aliphatic carbocycles. The minimum Gasteiger partial charge on any atom is -0.341 e. The van der Waals surface area contributed by atoms with E-state index in [2.05, 4.69) is 18.8 Å². The van der Waals surface area contributed by atoms with Crippen LogP contribution in [-0.2, 0) is 16.1 Å². The van der Waals surface area contributed by atoms with Crippen molar-refractivity contribution in [3.8, 4) is 0 Å². The molecule has 148 valence electrons. The topological polar surface area (TPSA) is 95.5 Å². The van der Waals surface area contributed by atoms with Crippen molar-refractivity contribution in [2.75, 3.05) is 19.6 Å². The summed E-state index contributed by atoms with van der Waals surface area (Å²) in [7, 11) is 0. The van der Waals surface area contributed by atoms with Crippen molar-refractivity contribution < 1.29 is 9.59 Å². The van der Waals surface area contributed by atoms with Crippen LogP contribution in [0.25, 0.3) is 0 Å². The summed E-state index contributed by atoms with van der Waals surface area (Å²) in [5.41, 5.74) is -1.05. The van der Waals surface area contributed by atoms with Crippen molar-refractivity contribution in [1.29, 1.82) is 0 Å². The number of rotatable bonds is 5. The lowest BCUT2D eigenvalue weighted by Crippen LogP contribution is -2.57. The second-order valence-electron chi connectivity index (χ2n) is 8.00. The third-order valence-electron chi connectivity index (χ3n) is 5.65. The van der Waals surface area contributed by atoms with Gasteiger partial charge in [-0.25, -0.2) is 4.79 Å². The molecular formula is C19H28N4O4. The normalized spacial score (nSPS) is 22.9. The molecule has 3 rings (SSSR count). The zero-order valence-corrected chi connectivity index (χ0v) is 16.0. The van der Waals surface area contributed by atoms with E-state index >= 15 is 0 Å². The van der Waals surface area contributed by atoms with Gasteiger partial charge in [0, 0.05) is 44.4 Å². The number of piperidine rings is 2. The van der Waals surface area contributed by atoms with Gasteiger partial charge in [0.25, 0.3) is 5.56 Å². The first-order valence-corrected chi connectivity index (χ1v) is 9.72. The summed E-state index contributed by atoms with van der Waals surface area (Å²) in [5, 5.41) is 0. The van der Waals surface area contributed by atoms with Gasteiger partial charge < -0.3 is 9.80 Å². The molecule has 2 amide bonds. The van der Waals surface area contributed by atoms with Crippen molar-refractivity contribution in [2.45, 2.75) is 52.1 Å². The van der Waals surface area contributed by atoms with Crippen molar-refractivity contribution in [3.63, 3.8) is 0 Å². The van der Waals surface area contributed by atoms with Gasteiger partial charge in [-0.2, -0.15) is 0 Å². The van der Waals surface area contributed by atoms with Crippen LogP contribution in [0, 0.1) is 11.8 Å². The Kier molecular flexibility index (Phi) is 5.82. The van der Waals surface area contributed by atoms with Gasteiger partial charge in [0.15, 0.2) is 0 Å². The molecule has 2 saturated heterocycles. The van der Waals surface area contributed by atoms with Crippen LogP contribution in [0.3, 0.4) is 0 Å². The van der Waals surface area contributed by atoms with Crippen LogP contribution >= 0.6 is 0 Å². The number of amides is 2. The molecule has 1 N–H and O–H groups in total. The molecule has 3 heterocycles. The van der Waals surface area contributed by atoms with Crippen LogP contribution in [0.5, 0.6) is 0 Å². The fourth-order valence-electron chi connectivity index (χ4n) is 4.08. The molecule has 1 aromatic heterocycles. The van der Waals surface area contributed by atoms with Crippen LogP contribution in [0.15, 0.2) is 21.9 Å². The fraction of sp³-hybridized carbons (Fsp3) is 0.684. The van der Waals surface area contributed by atoms with Crippen LogP contribution in [0.1, 0.15) is 39.5 Å². The van der Waals surface area contributed by atoms with Gasteiger partial charge in [-0.05, 0) is 31.1 Å². The van der Waals surface area contributed by atoms with Gasteiger partial charge in [-0.1, -0.05) is 13.8 Å². The number of carbonyl (C=O) groups excluding carboxylic acids is 2. The molecule has 1 aromatic rings. The predicted octanol–water partition coefficient (Wildman–Crippen LogP) is 0.422. The molecule has 0 unspecified atom stereocenters. The molecule has 0 spiro atoms. The average molecular weight is 376 g/mol. The molecule has 0 saturated carbocycles. The molecule has 2 atom stereocenters. The first-order chi connectivity index (χ1) is 12.8. The largest absolute Gasteiger partial charge is 0.341 e. The Bertz CT molecular complexity index is 812. The monoisotopic (exact) mass is 376 g/mol. The van der Waals surface area contributed by atoms with E-state index in [4.69, 9.17) is 0 Å². The van der Waals surface area contributed by atoms with E-state index in [0.717, 1.165) is 25.8 Å². The lowest BCUT2D eigenvalue weighted by atomic mass is 9.83. The Balaban J connectivity index is 1.63. The summed E-state index contributed by atoms with van der Waals surface area (Å²) < 4.78 is 1.22. The molecule has 2 fully saturated rings. The van der Waals surface area contributed by atoms with Gasteiger partial charge in [0.05, 0.1) is 0 Å². The number of hydrogen-bond acceptors (Lipinski definition) is 4. The lowest BCUT2D eigenvalue weighted by molar-refractivity contribution is -0.144. The molecule has 0 bridgehead atoms. The number of likely N-dealkylation sites (tertiary alicyclic amines) is 2. The number of fused-ring (bicyclic) bond motifs is 1. The highest BCUT2D eigenvalue weighted by atomic mass is 16.2. The minimum absolute atomic E-state index is 0.0804. The third kappa shape index (κ3) is 4.48. The molecule has 27 heavy (non-hydrogen) atoms. The summed E-state index contributed by atoms with van der Waals surface area (Å²) in [6.07, 6.45) is 4.47. The molecule has 0 radical (unpaired) electrons. The number of hydrogen-bond donors (Lipinski definition) is 1. The number of aromatic nitrogens is 2. The third-order valence-corrected chi connectivity index (χ3v) is 5.65. The molecule has 2 aliphatic rings. The maximum atomic E-state index is 12.6. The van der Waals surface area contributed by atoms with E-state index in [1.54, 1.807) is 4.90 Å². The number of nitrogens with one attached hydrogen (secondary N) is 1. The summed E-state index contributed by atoms with van der Waals surface area (Å²) in [4.78, 5) is 53.9. The van der Waals surface area contributed by atoms with Crippen LogP contribution in [0.4, 0.5) is 0 Å². The standard InChI is InChI=1S/C19H28N4O4/c1-13(2)5-10-23-15-6-8-21(11-14(15)3-4-17(23)25)18(26)12-22-9-7-16(24)20-19(22)27/h7,9,13-15H,3-6,8,10-12H2,1-2H3,(H,20,24,27)/t14-,15+/m0/s1. The van der Waals surface area contributed by atoms with Crippen LogP contribution in [-0.4, -0.2) is 56.8 Å². The summed E-state index contributed by atoms with van der Waals surface area (Å²) in [6.45, 7) is 6.23. The Labute approximate surface area is 158 Å². The van der Waals surface area contributed by atoms with Gasteiger partial charge in [0.2, 0.25) is 11.8 Å². The Morgan fingerprint density at radius 3 is 2.74 bits per heavy atom. The zero-order chi connectivity index (χ0) is 19.6. The lowest BCUT2D eigenvalue weighted by Gasteiger charge is -2.47. The smallest absolute Gasteiger partial charge is 0.328 e. The molecule has 0 aromatic carbocycles. The Morgan fingerprint density at radius 2 is 2.04 bits per heavy atom. The number of carbonyl (C=O) groups is 2. The predicted molar refractivity (Wildman–Crippen MR) is 100 cm³/mol. The summed E-state index contributed by atoms with van der Waals surface area (Å²) in [5.74, 6) is 0.944. The quantitative estimate of drug-likeness (QED) is 0.806. The molecule has 8 heteroatoms. The zero-order valence-electron chi connectivity index (χ0n) is 16.0.